The van der Waals surface area contributed by atoms with Crippen molar-refractivity contribution >= 4 is 28.2 Å². The number of fused-ring (bicyclic) bond motifs is 1. The Morgan fingerprint density at radius 2 is 1.91 bits per heavy atom. The van der Waals surface area contributed by atoms with Gasteiger partial charge in [-0.05, 0) is 36.8 Å². The van der Waals surface area contributed by atoms with Crippen molar-refractivity contribution in [3.8, 4) is 5.75 Å². The second-order valence-corrected chi connectivity index (χ2v) is 8.73. The number of aromatic hydroxyl groups is 1. The van der Waals surface area contributed by atoms with Crippen LogP contribution < -0.4 is 9.80 Å². The summed E-state index contributed by atoms with van der Waals surface area (Å²) in [6.45, 7) is 5.10. The van der Waals surface area contributed by atoms with Gasteiger partial charge in [0.2, 0.25) is 0 Å². The van der Waals surface area contributed by atoms with Crippen LogP contribution in [-0.4, -0.2) is 54.6 Å². The van der Waals surface area contributed by atoms with Gasteiger partial charge in [0.25, 0.3) is 5.91 Å². The van der Waals surface area contributed by atoms with Gasteiger partial charge in [0.05, 0.1) is 30.0 Å². The average Bonchev–Trinajstić information content (AvgIpc) is 3.24. The number of hydrogen-bond acceptors (Lipinski definition) is 5. The Labute approximate surface area is 198 Å². The molecule has 7 heteroatoms. The number of phenolic OH excluding ortho intramolecular Hbond substituents is 1. The monoisotopic (exact) mass is 456 g/mol. The van der Waals surface area contributed by atoms with Crippen LogP contribution in [0, 0.1) is 6.92 Å². The summed E-state index contributed by atoms with van der Waals surface area (Å²) in [5.41, 5.74) is 5.94. The van der Waals surface area contributed by atoms with Crippen molar-refractivity contribution < 1.29 is 14.6 Å². The molecule has 0 radical (unpaired) electrons. The normalized spacial score (nSPS) is 13.9. The summed E-state index contributed by atoms with van der Waals surface area (Å²) in [4.78, 5) is 17.3. The van der Waals surface area contributed by atoms with E-state index in [2.05, 4.69) is 40.2 Å². The van der Waals surface area contributed by atoms with Gasteiger partial charge in [0.1, 0.15) is 5.75 Å². The number of aryl methyl sites for hydroxylation is 1. The molecule has 2 N–H and O–H groups in total. The van der Waals surface area contributed by atoms with Crippen LogP contribution in [0.15, 0.2) is 60.7 Å². The lowest BCUT2D eigenvalue weighted by Crippen LogP contribution is -2.36. The first kappa shape index (κ1) is 22.0. The van der Waals surface area contributed by atoms with Gasteiger partial charge >= 0.3 is 0 Å². The molecule has 5 rings (SSSR count). The van der Waals surface area contributed by atoms with E-state index in [1.54, 1.807) is 24.1 Å². The SMILES string of the molecule is Cc1cccc(Cc2n[nH]c3cc(O)c(C(=O)N(C)c4cccc(N5CCOCC5)c4)cc23)c1. The predicted octanol–water partition coefficient (Wildman–Crippen LogP) is 4.28. The molecule has 0 spiro atoms. The van der Waals surface area contributed by atoms with Crippen molar-refractivity contribution in [2.75, 3.05) is 43.2 Å². The third-order valence-corrected chi connectivity index (χ3v) is 6.34. The molecule has 34 heavy (non-hydrogen) atoms. The van der Waals surface area contributed by atoms with E-state index >= 15 is 0 Å². The van der Waals surface area contributed by atoms with Crippen LogP contribution in [0.25, 0.3) is 10.9 Å². The Bertz CT molecular complexity index is 1340. The van der Waals surface area contributed by atoms with Crippen LogP contribution in [0.2, 0.25) is 0 Å². The van der Waals surface area contributed by atoms with E-state index in [1.807, 2.05) is 30.3 Å². The summed E-state index contributed by atoms with van der Waals surface area (Å²) >= 11 is 0. The van der Waals surface area contributed by atoms with Crippen LogP contribution >= 0.6 is 0 Å². The topological polar surface area (TPSA) is 81.7 Å². The number of nitrogens with one attached hydrogen (secondary N) is 1. The largest absolute Gasteiger partial charge is 0.507 e. The fourth-order valence-corrected chi connectivity index (χ4v) is 4.45. The number of hydrogen-bond donors (Lipinski definition) is 2. The van der Waals surface area contributed by atoms with Gasteiger partial charge in [0, 0.05) is 49.4 Å². The number of rotatable bonds is 5. The molecule has 0 saturated carbocycles. The minimum Gasteiger partial charge on any atom is -0.507 e. The number of carbonyl (C=O) groups excluding carboxylic acids is 1. The van der Waals surface area contributed by atoms with E-state index in [9.17, 15) is 9.90 Å². The highest BCUT2D eigenvalue weighted by Gasteiger charge is 2.21. The molecule has 1 amide bonds. The third kappa shape index (κ3) is 4.34. The first-order valence-electron chi connectivity index (χ1n) is 11.5. The zero-order chi connectivity index (χ0) is 23.7. The number of morpholine rings is 1. The van der Waals surface area contributed by atoms with E-state index < -0.39 is 0 Å². The highest BCUT2D eigenvalue weighted by atomic mass is 16.5. The molecule has 174 valence electrons. The third-order valence-electron chi connectivity index (χ3n) is 6.34. The van der Waals surface area contributed by atoms with Crippen molar-refractivity contribution in [2.24, 2.45) is 0 Å². The molecule has 1 fully saturated rings. The molecule has 7 nitrogen and oxygen atoms in total. The van der Waals surface area contributed by atoms with Gasteiger partial charge in [0.15, 0.2) is 0 Å². The van der Waals surface area contributed by atoms with E-state index in [0.717, 1.165) is 41.1 Å². The minimum atomic E-state index is -0.277. The highest BCUT2D eigenvalue weighted by Crippen LogP contribution is 2.30. The smallest absolute Gasteiger partial charge is 0.261 e. The van der Waals surface area contributed by atoms with Crippen molar-refractivity contribution in [3.63, 3.8) is 0 Å². The summed E-state index contributed by atoms with van der Waals surface area (Å²) in [5.74, 6) is -0.347. The molecule has 2 heterocycles. The van der Waals surface area contributed by atoms with Crippen molar-refractivity contribution in [2.45, 2.75) is 13.3 Å². The molecular weight excluding hydrogens is 428 g/mol. The molecule has 0 atom stereocenters. The second kappa shape index (κ2) is 9.19. The lowest BCUT2D eigenvalue weighted by atomic mass is 10.0. The van der Waals surface area contributed by atoms with Gasteiger partial charge in [-0.1, -0.05) is 35.9 Å². The van der Waals surface area contributed by atoms with E-state index in [-0.39, 0.29) is 17.2 Å². The van der Waals surface area contributed by atoms with E-state index in [4.69, 9.17) is 4.74 Å². The average molecular weight is 457 g/mol. The van der Waals surface area contributed by atoms with Gasteiger partial charge in [-0.2, -0.15) is 5.10 Å². The quantitative estimate of drug-likeness (QED) is 0.468. The number of carbonyl (C=O) groups is 1. The van der Waals surface area contributed by atoms with Gasteiger partial charge in [-0.15, -0.1) is 0 Å². The van der Waals surface area contributed by atoms with Crippen LogP contribution in [0.1, 0.15) is 27.2 Å². The number of aromatic nitrogens is 2. The molecule has 4 aromatic rings. The summed E-state index contributed by atoms with van der Waals surface area (Å²) in [5, 5.41) is 18.9. The van der Waals surface area contributed by atoms with Crippen LogP contribution in [-0.2, 0) is 11.2 Å². The molecular formula is C27H28N4O3. The van der Waals surface area contributed by atoms with Crippen LogP contribution in [0.4, 0.5) is 11.4 Å². The Morgan fingerprint density at radius 1 is 1.12 bits per heavy atom. The second-order valence-electron chi connectivity index (χ2n) is 8.73. The molecule has 0 aliphatic carbocycles. The molecule has 1 aliphatic rings. The van der Waals surface area contributed by atoms with Crippen molar-refractivity contribution in [1.82, 2.24) is 10.2 Å². The number of nitrogens with zero attached hydrogens (tertiary/aromatic N) is 3. The first-order chi connectivity index (χ1) is 16.5. The Balaban J connectivity index is 1.44. The maximum absolute atomic E-state index is 13.4. The predicted molar refractivity (Wildman–Crippen MR) is 134 cm³/mol. The number of aromatic amines is 1. The minimum absolute atomic E-state index is 0.0700. The summed E-state index contributed by atoms with van der Waals surface area (Å²) in [6.07, 6.45) is 0.636. The number of phenols is 1. The maximum Gasteiger partial charge on any atom is 0.261 e. The highest BCUT2D eigenvalue weighted by molar-refractivity contribution is 6.09. The maximum atomic E-state index is 13.4. The molecule has 1 saturated heterocycles. The van der Waals surface area contributed by atoms with Gasteiger partial charge in [-0.3, -0.25) is 9.89 Å². The molecule has 1 aromatic heterocycles. The Kier molecular flexibility index (Phi) is 5.94. The lowest BCUT2D eigenvalue weighted by Gasteiger charge is -2.29. The lowest BCUT2D eigenvalue weighted by molar-refractivity contribution is 0.0990. The fraction of sp³-hybridized carbons (Fsp3) is 0.259. The number of ether oxygens (including phenoxy) is 1. The first-order valence-corrected chi connectivity index (χ1v) is 11.5. The standard InChI is InChI=1S/C27H28N4O3/c1-18-5-3-6-19(13-18)14-24-22-16-23(26(32)17-25(22)29-28-24)27(33)30(2)20-7-4-8-21(15-20)31-9-11-34-12-10-31/h3-8,13,15-17,32H,9-12,14H2,1-2H3,(H,28,29). The Hall–Kier alpha value is -3.84. The number of amides is 1. The van der Waals surface area contributed by atoms with Crippen molar-refractivity contribution in [3.05, 3.63) is 83.0 Å². The Morgan fingerprint density at radius 3 is 2.71 bits per heavy atom. The molecule has 3 aromatic carbocycles. The number of H-pyrrole nitrogens is 1. The molecule has 0 unspecified atom stereocenters. The van der Waals surface area contributed by atoms with Gasteiger partial charge < -0.3 is 19.6 Å². The number of anilines is 2. The van der Waals surface area contributed by atoms with Crippen molar-refractivity contribution in [1.29, 1.82) is 0 Å². The summed E-state index contributed by atoms with van der Waals surface area (Å²) < 4.78 is 5.45. The number of benzene rings is 3. The molecule has 1 aliphatic heterocycles. The van der Waals surface area contributed by atoms with Crippen LogP contribution in [0.5, 0.6) is 5.75 Å². The summed E-state index contributed by atoms with van der Waals surface area (Å²) in [6, 6.07) is 19.5. The van der Waals surface area contributed by atoms with Gasteiger partial charge in [-0.25, -0.2) is 0 Å². The van der Waals surface area contributed by atoms with E-state index in [0.29, 0.717) is 25.2 Å². The fourth-order valence-electron chi connectivity index (χ4n) is 4.45. The summed E-state index contributed by atoms with van der Waals surface area (Å²) in [7, 11) is 1.73. The molecule has 0 bridgehead atoms. The zero-order valence-electron chi connectivity index (χ0n) is 19.4. The zero-order valence-corrected chi connectivity index (χ0v) is 19.4. The van der Waals surface area contributed by atoms with E-state index in [1.165, 1.54) is 5.56 Å². The van der Waals surface area contributed by atoms with Crippen LogP contribution in [0.3, 0.4) is 0 Å².